The number of methoxy groups -OCH3 is 1. The van der Waals surface area contributed by atoms with E-state index in [2.05, 4.69) is 29.4 Å². The van der Waals surface area contributed by atoms with Gasteiger partial charge in [-0.15, -0.1) is 0 Å². The predicted molar refractivity (Wildman–Crippen MR) is 82.3 cm³/mol. The second-order valence-corrected chi connectivity index (χ2v) is 6.23. The molecule has 1 N–H and O–H groups in total. The largest absolute Gasteiger partial charge is 0.496 e. The molecule has 2 atom stereocenters. The maximum absolute atomic E-state index is 5.41. The molecule has 1 aromatic carbocycles. The van der Waals surface area contributed by atoms with Crippen LogP contribution >= 0.6 is 0 Å². The summed E-state index contributed by atoms with van der Waals surface area (Å²) in [5.41, 5.74) is 1.30. The van der Waals surface area contributed by atoms with Gasteiger partial charge < -0.3 is 15.0 Å². The molecule has 0 spiro atoms. The number of ether oxygens (including phenoxy) is 1. The lowest BCUT2D eigenvalue weighted by molar-refractivity contribution is 0.149. The minimum Gasteiger partial charge on any atom is -0.496 e. The first-order chi connectivity index (χ1) is 9.78. The summed E-state index contributed by atoms with van der Waals surface area (Å²) in [4.78, 5) is 2.60. The summed E-state index contributed by atoms with van der Waals surface area (Å²) in [6.45, 7) is 1.05. The Kier molecular flexibility index (Phi) is 4.27. The molecule has 0 saturated carbocycles. The zero-order valence-electron chi connectivity index (χ0n) is 12.6. The molecule has 110 valence electrons. The summed E-state index contributed by atoms with van der Waals surface area (Å²) in [7, 11) is 4.05. The topological polar surface area (TPSA) is 24.5 Å². The minimum atomic E-state index is 0.707. The maximum atomic E-state index is 5.41. The van der Waals surface area contributed by atoms with E-state index in [1.807, 2.05) is 12.1 Å². The highest BCUT2D eigenvalue weighted by molar-refractivity contribution is 5.33. The van der Waals surface area contributed by atoms with Gasteiger partial charge in [-0.2, -0.15) is 0 Å². The van der Waals surface area contributed by atoms with Crippen LogP contribution in [0, 0.1) is 0 Å². The van der Waals surface area contributed by atoms with E-state index in [1.165, 1.54) is 31.2 Å². The van der Waals surface area contributed by atoms with Gasteiger partial charge in [-0.3, -0.25) is 0 Å². The predicted octanol–water partition coefficient (Wildman–Crippen LogP) is 2.45. The van der Waals surface area contributed by atoms with Crippen LogP contribution in [0.25, 0.3) is 0 Å². The van der Waals surface area contributed by atoms with Crippen molar-refractivity contribution in [2.75, 3.05) is 20.7 Å². The number of hydrogen-bond acceptors (Lipinski definition) is 3. The Morgan fingerprint density at radius 3 is 2.60 bits per heavy atom. The molecule has 2 aliphatic rings. The zero-order valence-corrected chi connectivity index (χ0v) is 12.6. The van der Waals surface area contributed by atoms with Crippen LogP contribution in [-0.4, -0.2) is 43.7 Å². The van der Waals surface area contributed by atoms with E-state index < -0.39 is 0 Å². The Hall–Kier alpha value is -1.06. The van der Waals surface area contributed by atoms with Gasteiger partial charge >= 0.3 is 0 Å². The van der Waals surface area contributed by atoms with Gasteiger partial charge in [0.1, 0.15) is 5.75 Å². The molecule has 3 heteroatoms. The fourth-order valence-electron chi connectivity index (χ4n) is 3.90. The van der Waals surface area contributed by atoms with Crippen molar-refractivity contribution in [1.29, 1.82) is 0 Å². The first-order valence-electron chi connectivity index (χ1n) is 7.85. The summed E-state index contributed by atoms with van der Waals surface area (Å²) in [6, 6.07) is 10.7. The molecule has 20 heavy (non-hydrogen) atoms. The van der Waals surface area contributed by atoms with Crippen molar-refractivity contribution in [2.24, 2.45) is 0 Å². The van der Waals surface area contributed by atoms with Gasteiger partial charge in [0.25, 0.3) is 0 Å². The van der Waals surface area contributed by atoms with Crippen LogP contribution in [0.15, 0.2) is 24.3 Å². The number of nitrogens with one attached hydrogen (secondary N) is 1. The second kappa shape index (κ2) is 6.15. The summed E-state index contributed by atoms with van der Waals surface area (Å²) < 4.78 is 5.41. The van der Waals surface area contributed by atoms with Crippen molar-refractivity contribution < 1.29 is 4.74 Å². The molecule has 2 aliphatic heterocycles. The third-order valence-corrected chi connectivity index (χ3v) is 5.12. The molecule has 2 bridgehead atoms. The SMILES string of the molecule is COc1ccccc1CCNC1CC2CCC(C1)N2C. The molecule has 1 aromatic rings. The van der Waals surface area contributed by atoms with Gasteiger partial charge in [-0.1, -0.05) is 18.2 Å². The van der Waals surface area contributed by atoms with Gasteiger partial charge in [0, 0.05) is 18.1 Å². The van der Waals surface area contributed by atoms with Crippen LogP contribution in [-0.2, 0) is 6.42 Å². The van der Waals surface area contributed by atoms with Crippen molar-refractivity contribution in [1.82, 2.24) is 10.2 Å². The van der Waals surface area contributed by atoms with Crippen molar-refractivity contribution in [3.8, 4) is 5.75 Å². The van der Waals surface area contributed by atoms with Crippen molar-refractivity contribution in [3.63, 3.8) is 0 Å². The van der Waals surface area contributed by atoms with E-state index in [0.29, 0.717) is 6.04 Å². The Morgan fingerprint density at radius 2 is 1.90 bits per heavy atom. The molecule has 0 amide bonds. The quantitative estimate of drug-likeness (QED) is 0.892. The van der Waals surface area contributed by atoms with Gasteiger partial charge in [-0.25, -0.2) is 0 Å². The van der Waals surface area contributed by atoms with Crippen LogP contribution in [0.5, 0.6) is 5.75 Å². The van der Waals surface area contributed by atoms with Crippen LogP contribution in [0.3, 0.4) is 0 Å². The molecule has 3 rings (SSSR count). The lowest BCUT2D eigenvalue weighted by Crippen LogP contribution is -2.47. The molecule has 2 heterocycles. The third kappa shape index (κ3) is 2.84. The normalized spacial score (nSPS) is 29.6. The van der Waals surface area contributed by atoms with E-state index in [1.54, 1.807) is 7.11 Å². The fourth-order valence-corrected chi connectivity index (χ4v) is 3.90. The van der Waals surface area contributed by atoms with Crippen molar-refractivity contribution in [3.05, 3.63) is 29.8 Å². The summed E-state index contributed by atoms with van der Waals surface area (Å²) in [5, 5.41) is 3.76. The Labute approximate surface area is 122 Å². The lowest BCUT2D eigenvalue weighted by atomic mass is 9.98. The molecule has 0 aromatic heterocycles. The Morgan fingerprint density at radius 1 is 1.20 bits per heavy atom. The van der Waals surface area contributed by atoms with E-state index in [9.17, 15) is 0 Å². The highest BCUT2D eigenvalue weighted by Crippen LogP contribution is 2.34. The molecule has 2 unspecified atom stereocenters. The van der Waals surface area contributed by atoms with Crippen LogP contribution in [0.2, 0.25) is 0 Å². The highest BCUT2D eigenvalue weighted by Gasteiger charge is 2.37. The van der Waals surface area contributed by atoms with Crippen LogP contribution in [0.4, 0.5) is 0 Å². The maximum Gasteiger partial charge on any atom is 0.122 e. The number of piperidine rings is 1. The van der Waals surface area contributed by atoms with Crippen molar-refractivity contribution in [2.45, 2.75) is 50.2 Å². The first-order valence-corrected chi connectivity index (χ1v) is 7.85. The second-order valence-electron chi connectivity index (χ2n) is 6.23. The average molecular weight is 274 g/mol. The number of benzene rings is 1. The van der Waals surface area contributed by atoms with Crippen LogP contribution < -0.4 is 10.1 Å². The smallest absolute Gasteiger partial charge is 0.122 e. The third-order valence-electron chi connectivity index (χ3n) is 5.12. The number of rotatable bonds is 5. The number of fused-ring (bicyclic) bond motifs is 2. The van der Waals surface area contributed by atoms with Gasteiger partial charge in [0.05, 0.1) is 7.11 Å². The Bertz CT molecular complexity index is 434. The van der Waals surface area contributed by atoms with Gasteiger partial charge in [-0.05, 0) is 57.3 Å². The van der Waals surface area contributed by atoms with E-state index in [0.717, 1.165) is 30.8 Å². The number of para-hydroxylation sites is 1. The molecule has 0 aliphatic carbocycles. The van der Waals surface area contributed by atoms with E-state index in [4.69, 9.17) is 4.74 Å². The molecule has 3 nitrogen and oxygen atoms in total. The molecule has 2 fully saturated rings. The molecule has 2 saturated heterocycles. The van der Waals surface area contributed by atoms with Gasteiger partial charge in [0.2, 0.25) is 0 Å². The first kappa shape index (κ1) is 13.9. The number of hydrogen-bond donors (Lipinski definition) is 1. The molecular weight excluding hydrogens is 248 g/mol. The highest BCUT2D eigenvalue weighted by atomic mass is 16.5. The molecule has 0 radical (unpaired) electrons. The Balaban J connectivity index is 1.49. The number of nitrogens with zero attached hydrogens (tertiary/aromatic N) is 1. The summed E-state index contributed by atoms with van der Waals surface area (Å²) in [6.07, 6.45) is 6.47. The minimum absolute atomic E-state index is 0.707. The zero-order chi connectivity index (χ0) is 13.9. The van der Waals surface area contributed by atoms with Crippen molar-refractivity contribution >= 4 is 0 Å². The van der Waals surface area contributed by atoms with E-state index in [-0.39, 0.29) is 0 Å². The fraction of sp³-hybridized carbons (Fsp3) is 0.647. The van der Waals surface area contributed by atoms with Gasteiger partial charge in [0.15, 0.2) is 0 Å². The molecular formula is C17H26N2O. The average Bonchev–Trinajstić information content (AvgIpc) is 2.70. The standard InChI is InChI=1S/C17H26N2O/c1-19-15-7-8-16(19)12-14(11-15)18-10-9-13-5-3-4-6-17(13)20-2/h3-6,14-16,18H,7-12H2,1-2H3. The summed E-state index contributed by atoms with van der Waals surface area (Å²) >= 11 is 0. The van der Waals surface area contributed by atoms with E-state index >= 15 is 0 Å². The summed E-state index contributed by atoms with van der Waals surface area (Å²) in [5.74, 6) is 1.01. The van der Waals surface area contributed by atoms with Crippen LogP contribution in [0.1, 0.15) is 31.2 Å². The monoisotopic (exact) mass is 274 g/mol. The lowest BCUT2D eigenvalue weighted by Gasteiger charge is -2.36.